The van der Waals surface area contributed by atoms with Crippen LogP contribution in [0.1, 0.15) is 24.3 Å². The van der Waals surface area contributed by atoms with E-state index in [-0.39, 0.29) is 0 Å². The van der Waals surface area contributed by atoms with Crippen molar-refractivity contribution in [1.82, 2.24) is 0 Å². The lowest BCUT2D eigenvalue weighted by molar-refractivity contribution is 1.15. The van der Waals surface area contributed by atoms with Crippen LogP contribution in [0.25, 0.3) is 11.1 Å². The van der Waals surface area contributed by atoms with Crippen LogP contribution < -0.4 is 0 Å². The molecule has 70 valence electrons. The van der Waals surface area contributed by atoms with Crippen molar-refractivity contribution in [3.05, 3.63) is 46.7 Å². The van der Waals surface area contributed by atoms with E-state index >= 15 is 0 Å². The summed E-state index contributed by atoms with van der Waals surface area (Å²) in [5, 5.41) is 4.60. The Bertz CT molecular complexity index is 424. The van der Waals surface area contributed by atoms with Crippen molar-refractivity contribution in [2.45, 2.75) is 18.8 Å². The van der Waals surface area contributed by atoms with Gasteiger partial charge in [-0.2, -0.15) is 11.3 Å². The number of thiophene rings is 1. The first kappa shape index (κ1) is 8.25. The van der Waals surface area contributed by atoms with Gasteiger partial charge in [0.25, 0.3) is 0 Å². The highest BCUT2D eigenvalue weighted by molar-refractivity contribution is 7.08. The van der Waals surface area contributed by atoms with Gasteiger partial charge in [0.05, 0.1) is 0 Å². The summed E-state index contributed by atoms with van der Waals surface area (Å²) in [4.78, 5) is 0. The number of hydrogen-bond donors (Lipinski definition) is 0. The minimum Gasteiger partial charge on any atom is -0.151 e. The lowest BCUT2D eigenvalue weighted by Gasteiger charge is -2.01. The molecule has 0 amide bonds. The third-order valence-corrected chi connectivity index (χ3v) is 3.56. The molecule has 0 aliphatic heterocycles. The van der Waals surface area contributed by atoms with E-state index in [1.807, 2.05) is 11.3 Å². The Hall–Kier alpha value is -1.08. The Balaban J connectivity index is 2.07. The molecule has 1 aliphatic carbocycles. The molecule has 1 aliphatic rings. The van der Waals surface area contributed by atoms with Gasteiger partial charge in [0, 0.05) is 0 Å². The molecule has 0 radical (unpaired) electrons. The second-order valence-corrected chi connectivity index (χ2v) is 4.62. The molecule has 1 aromatic carbocycles. The van der Waals surface area contributed by atoms with Crippen molar-refractivity contribution in [1.29, 1.82) is 0 Å². The Morgan fingerprint density at radius 3 is 2.50 bits per heavy atom. The highest BCUT2D eigenvalue weighted by atomic mass is 32.1. The number of rotatable bonds is 2. The molecule has 1 aromatic heterocycles. The van der Waals surface area contributed by atoms with Gasteiger partial charge in [-0.15, -0.1) is 0 Å². The van der Waals surface area contributed by atoms with Crippen molar-refractivity contribution >= 4 is 11.3 Å². The molecule has 0 bridgehead atoms. The Kier molecular flexibility index (Phi) is 1.91. The maximum atomic E-state index is 2.32. The van der Waals surface area contributed by atoms with Crippen LogP contribution in [-0.2, 0) is 0 Å². The van der Waals surface area contributed by atoms with Gasteiger partial charge in [-0.25, -0.2) is 0 Å². The number of benzene rings is 1. The molecule has 2 aromatic rings. The molecule has 0 spiro atoms. The predicted octanol–water partition coefficient (Wildman–Crippen LogP) is 4.29. The molecule has 0 nitrogen and oxygen atoms in total. The molecule has 1 heteroatoms. The van der Waals surface area contributed by atoms with Gasteiger partial charge in [-0.05, 0) is 46.2 Å². The molecule has 3 rings (SSSR count). The lowest BCUT2D eigenvalue weighted by atomic mass is 10.0. The third kappa shape index (κ3) is 1.38. The topological polar surface area (TPSA) is 0 Å². The molecule has 14 heavy (non-hydrogen) atoms. The molecule has 1 fully saturated rings. The summed E-state index contributed by atoms with van der Waals surface area (Å²) >= 11 is 1.83. The zero-order valence-electron chi connectivity index (χ0n) is 7.94. The van der Waals surface area contributed by atoms with E-state index in [2.05, 4.69) is 41.1 Å². The fraction of sp³-hybridized carbons (Fsp3) is 0.231. The summed E-state index contributed by atoms with van der Waals surface area (Å²) in [6.07, 6.45) is 2.77. The molecule has 1 heterocycles. The van der Waals surface area contributed by atoms with E-state index in [0.717, 1.165) is 5.92 Å². The fourth-order valence-electron chi connectivity index (χ4n) is 1.87. The zero-order chi connectivity index (χ0) is 9.38. The molecule has 0 saturated heterocycles. The first-order valence-corrected chi connectivity index (χ1v) is 6.01. The van der Waals surface area contributed by atoms with Gasteiger partial charge in [-0.3, -0.25) is 0 Å². The Morgan fingerprint density at radius 1 is 1.00 bits per heavy atom. The Labute approximate surface area is 88.2 Å². The van der Waals surface area contributed by atoms with E-state index in [1.54, 1.807) is 5.56 Å². The highest BCUT2D eigenvalue weighted by Gasteiger charge is 2.26. The zero-order valence-corrected chi connectivity index (χ0v) is 8.76. The van der Waals surface area contributed by atoms with Gasteiger partial charge >= 0.3 is 0 Å². The molecular weight excluding hydrogens is 188 g/mol. The van der Waals surface area contributed by atoms with E-state index in [4.69, 9.17) is 0 Å². The smallest absolute Gasteiger partial charge is 0.00117 e. The second-order valence-electron chi connectivity index (χ2n) is 3.88. The van der Waals surface area contributed by atoms with E-state index in [1.165, 1.54) is 24.0 Å². The summed E-state index contributed by atoms with van der Waals surface area (Å²) in [5.41, 5.74) is 4.40. The third-order valence-electron chi connectivity index (χ3n) is 2.79. The van der Waals surface area contributed by atoms with Gasteiger partial charge in [-0.1, -0.05) is 30.3 Å². The minimum atomic E-state index is 0.858. The van der Waals surface area contributed by atoms with Crippen LogP contribution >= 0.6 is 11.3 Å². The van der Waals surface area contributed by atoms with E-state index in [0.29, 0.717) is 0 Å². The average Bonchev–Trinajstić information content (AvgIpc) is 2.98. The van der Waals surface area contributed by atoms with Crippen LogP contribution in [0.4, 0.5) is 0 Å². The number of hydrogen-bond acceptors (Lipinski definition) is 1. The van der Waals surface area contributed by atoms with Crippen LogP contribution in [0.3, 0.4) is 0 Å². The standard InChI is InChI=1S/C13H12S/c1-2-4-10(5-3-1)12-8-14-9-13(12)11-6-7-11/h1-5,8-9,11H,6-7H2. The first-order valence-electron chi connectivity index (χ1n) is 5.06. The van der Waals surface area contributed by atoms with Gasteiger partial charge in [0.1, 0.15) is 0 Å². The van der Waals surface area contributed by atoms with E-state index < -0.39 is 0 Å². The van der Waals surface area contributed by atoms with Crippen LogP contribution in [0.5, 0.6) is 0 Å². The lowest BCUT2D eigenvalue weighted by Crippen LogP contribution is -1.80. The molecule has 0 N–H and O–H groups in total. The summed E-state index contributed by atoms with van der Waals surface area (Å²) in [7, 11) is 0. The maximum Gasteiger partial charge on any atom is -0.00117 e. The largest absolute Gasteiger partial charge is 0.151 e. The van der Waals surface area contributed by atoms with Crippen molar-refractivity contribution < 1.29 is 0 Å². The summed E-state index contributed by atoms with van der Waals surface area (Å²) in [6, 6.07) is 10.7. The second kappa shape index (κ2) is 3.25. The maximum absolute atomic E-state index is 2.32. The summed E-state index contributed by atoms with van der Waals surface area (Å²) in [5.74, 6) is 0.858. The van der Waals surface area contributed by atoms with Crippen LogP contribution in [0.2, 0.25) is 0 Å². The molecule has 1 saturated carbocycles. The molecule has 0 unspecified atom stereocenters. The van der Waals surface area contributed by atoms with Gasteiger partial charge < -0.3 is 0 Å². The molecule has 0 atom stereocenters. The van der Waals surface area contributed by atoms with Crippen LogP contribution in [0.15, 0.2) is 41.1 Å². The monoisotopic (exact) mass is 200 g/mol. The van der Waals surface area contributed by atoms with Gasteiger partial charge in [0.2, 0.25) is 0 Å². The van der Waals surface area contributed by atoms with E-state index in [9.17, 15) is 0 Å². The fourth-order valence-corrected chi connectivity index (χ4v) is 2.81. The summed E-state index contributed by atoms with van der Waals surface area (Å²) in [6.45, 7) is 0. The van der Waals surface area contributed by atoms with Crippen molar-refractivity contribution in [2.24, 2.45) is 0 Å². The van der Waals surface area contributed by atoms with Gasteiger partial charge in [0.15, 0.2) is 0 Å². The van der Waals surface area contributed by atoms with Crippen LogP contribution in [-0.4, -0.2) is 0 Å². The molecular formula is C13H12S. The first-order chi connectivity index (χ1) is 6.95. The average molecular weight is 200 g/mol. The Morgan fingerprint density at radius 2 is 1.79 bits per heavy atom. The highest BCUT2D eigenvalue weighted by Crippen LogP contribution is 2.45. The minimum absolute atomic E-state index is 0.858. The van der Waals surface area contributed by atoms with Crippen molar-refractivity contribution in [3.63, 3.8) is 0 Å². The van der Waals surface area contributed by atoms with Crippen molar-refractivity contribution in [3.8, 4) is 11.1 Å². The predicted molar refractivity (Wildman–Crippen MR) is 61.7 cm³/mol. The summed E-state index contributed by atoms with van der Waals surface area (Å²) < 4.78 is 0. The quantitative estimate of drug-likeness (QED) is 0.678. The van der Waals surface area contributed by atoms with Crippen LogP contribution in [0, 0.1) is 0 Å². The SMILES string of the molecule is c1ccc(-c2cscc2C2CC2)cc1. The van der Waals surface area contributed by atoms with Crippen molar-refractivity contribution in [2.75, 3.05) is 0 Å². The normalized spacial score (nSPS) is 15.7.